The molecule has 0 unspecified atom stereocenters. The summed E-state index contributed by atoms with van der Waals surface area (Å²) in [5.41, 5.74) is 2.89. The Kier molecular flexibility index (Phi) is 10.0. The molecule has 200 valence electrons. The number of methoxy groups -OCH3 is 2. The second-order valence-electron chi connectivity index (χ2n) is 8.82. The molecule has 0 aliphatic carbocycles. The van der Waals surface area contributed by atoms with Crippen molar-refractivity contribution in [2.75, 3.05) is 31.7 Å². The van der Waals surface area contributed by atoms with Gasteiger partial charge in [0.1, 0.15) is 5.75 Å². The van der Waals surface area contributed by atoms with Crippen LogP contribution in [0.5, 0.6) is 17.2 Å². The van der Waals surface area contributed by atoms with Crippen LogP contribution in [0.25, 0.3) is 0 Å². The second-order valence-corrected chi connectivity index (χ2v) is 11.0. The molecule has 8 nitrogen and oxygen atoms in total. The number of aryl methyl sites for hydroxylation is 1. The smallest absolute Gasteiger partial charge is 0.229 e. The van der Waals surface area contributed by atoms with Gasteiger partial charge in [0, 0.05) is 17.6 Å². The maximum atomic E-state index is 11.6. The summed E-state index contributed by atoms with van der Waals surface area (Å²) in [7, 11) is -0.374. The Morgan fingerprint density at radius 3 is 2.27 bits per heavy atom. The highest BCUT2D eigenvalue weighted by molar-refractivity contribution is 7.92. The highest BCUT2D eigenvalue weighted by Crippen LogP contribution is 2.32. The first kappa shape index (κ1) is 28.6. The number of ether oxygens (including phenoxy) is 2. The molecule has 3 aromatic carbocycles. The van der Waals surface area contributed by atoms with Crippen LogP contribution in [-0.4, -0.2) is 51.8 Å². The van der Waals surface area contributed by atoms with Gasteiger partial charge >= 0.3 is 0 Å². The molecule has 0 aliphatic heterocycles. The predicted molar refractivity (Wildman–Crippen MR) is 146 cm³/mol. The average Bonchev–Trinajstić information content (AvgIpc) is 2.86. The number of phenols is 1. The Morgan fingerprint density at radius 1 is 0.946 bits per heavy atom. The van der Waals surface area contributed by atoms with E-state index < -0.39 is 16.1 Å². The van der Waals surface area contributed by atoms with Crippen LogP contribution in [0.2, 0.25) is 5.02 Å². The lowest BCUT2D eigenvalue weighted by atomic mass is 9.98. The predicted octanol–water partition coefficient (Wildman–Crippen LogP) is 4.30. The van der Waals surface area contributed by atoms with Gasteiger partial charge in [-0.3, -0.25) is 4.72 Å². The highest BCUT2D eigenvalue weighted by Gasteiger charge is 2.17. The molecule has 0 saturated heterocycles. The summed E-state index contributed by atoms with van der Waals surface area (Å²) in [6, 6.07) is 18.0. The van der Waals surface area contributed by atoms with Crippen LogP contribution in [0, 0.1) is 0 Å². The van der Waals surface area contributed by atoms with E-state index in [1.807, 2.05) is 42.5 Å². The van der Waals surface area contributed by atoms with E-state index in [9.17, 15) is 18.6 Å². The van der Waals surface area contributed by atoms with E-state index in [1.54, 1.807) is 20.3 Å². The van der Waals surface area contributed by atoms with Crippen LogP contribution in [0.15, 0.2) is 60.7 Å². The Morgan fingerprint density at radius 2 is 1.62 bits per heavy atom. The minimum atomic E-state index is -3.55. The van der Waals surface area contributed by atoms with E-state index >= 15 is 0 Å². The molecule has 0 fully saturated rings. The van der Waals surface area contributed by atoms with Gasteiger partial charge in [-0.25, -0.2) is 8.42 Å². The first-order valence-corrected chi connectivity index (χ1v) is 14.0. The fourth-order valence-corrected chi connectivity index (χ4v) is 4.72. The summed E-state index contributed by atoms with van der Waals surface area (Å²) >= 11 is 6.02. The SMILES string of the molecule is COc1ccc([C@H](CCc2ccc(Cl)cc2)NC[C@H](O)Cc2ccc(O)c(NS(C)(=O)=O)c2)cc1OC. The molecule has 37 heavy (non-hydrogen) atoms. The third-order valence-corrected chi connectivity index (χ3v) is 6.72. The summed E-state index contributed by atoms with van der Waals surface area (Å²) in [6.07, 6.45) is 2.06. The fourth-order valence-electron chi connectivity index (χ4n) is 4.03. The zero-order chi connectivity index (χ0) is 27.0. The van der Waals surface area contributed by atoms with Crippen molar-refractivity contribution in [2.45, 2.75) is 31.4 Å². The number of aliphatic hydroxyl groups excluding tert-OH is 1. The fraction of sp³-hybridized carbons (Fsp3) is 0.333. The van der Waals surface area contributed by atoms with Gasteiger partial charge in [0.2, 0.25) is 10.0 Å². The third-order valence-electron chi connectivity index (χ3n) is 5.87. The number of benzene rings is 3. The van der Waals surface area contributed by atoms with E-state index in [-0.39, 0.29) is 30.4 Å². The molecule has 10 heteroatoms. The number of aliphatic hydroxyl groups is 1. The van der Waals surface area contributed by atoms with E-state index in [4.69, 9.17) is 21.1 Å². The number of anilines is 1. The number of hydrogen-bond acceptors (Lipinski definition) is 7. The van der Waals surface area contributed by atoms with Gasteiger partial charge in [0.15, 0.2) is 11.5 Å². The first-order chi connectivity index (χ1) is 17.6. The Balaban J connectivity index is 1.72. The number of halogens is 1. The third kappa shape index (κ3) is 8.82. The number of nitrogens with one attached hydrogen (secondary N) is 2. The molecule has 0 aromatic heterocycles. The van der Waals surface area contributed by atoms with Crippen molar-refractivity contribution in [1.82, 2.24) is 5.32 Å². The summed E-state index contributed by atoms with van der Waals surface area (Å²) in [6.45, 7) is 0.287. The summed E-state index contributed by atoms with van der Waals surface area (Å²) in [5, 5.41) is 24.9. The molecule has 0 heterocycles. The van der Waals surface area contributed by atoms with Gasteiger partial charge in [0.05, 0.1) is 32.3 Å². The maximum absolute atomic E-state index is 11.6. The van der Waals surface area contributed by atoms with Gasteiger partial charge in [0.25, 0.3) is 0 Å². The van der Waals surface area contributed by atoms with Gasteiger partial charge in [-0.15, -0.1) is 0 Å². The number of aromatic hydroxyl groups is 1. The van der Waals surface area contributed by atoms with Crippen molar-refractivity contribution in [1.29, 1.82) is 0 Å². The highest BCUT2D eigenvalue weighted by atomic mass is 35.5. The lowest BCUT2D eigenvalue weighted by Crippen LogP contribution is -2.32. The van der Waals surface area contributed by atoms with Crippen molar-refractivity contribution in [3.05, 3.63) is 82.4 Å². The molecule has 0 amide bonds. The number of hydrogen-bond donors (Lipinski definition) is 4. The van der Waals surface area contributed by atoms with Gasteiger partial charge in [-0.05, 0) is 72.4 Å². The molecule has 0 radical (unpaired) electrons. The molecular formula is C27H33ClN2O6S. The van der Waals surface area contributed by atoms with Crippen molar-refractivity contribution < 1.29 is 28.1 Å². The quantitative estimate of drug-likeness (QED) is 0.235. The molecule has 0 bridgehead atoms. The number of rotatable bonds is 13. The van der Waals surface area contributed by atoms with E-state index in [0.29, 0.717) is 22.1 Å². The molecule has 0 saturated carbocycles. The monoisotopic (exact) mass is 548 g/mol. The lowest BCUT2D eigenvalue weighted by Gasteiger charge is -2.23. The molecule has 4 N–H and O–H groups in total. The second kappa shape index (κ2) is 13.0. The molecule has 0 spiro atoms. The van der Waals surface area contributed by atoms with Crippen LogP contribution in [0.1, 0.15) is 29.2 Å². The van der Waals surface area contributed by atoms with Crippen molar-refractivity contribution in [2.24, 2.45) is 0 Å². The van der Waals surface area contributed by atoms with Crippen LogP contribution >= 0.6 is 11.6 Å². The molecule has 0 aliphatic rings. The van der Waals surface area contributed by atoms with E-state index in [1.165, 1.54) is 12.1 Å². The summed E-state index contributed by atoms with van der Waals surface area (Å²) in [4.78, 5) is 0. The van der Waals surface area contributed by atoms with Gasteiger partial charge in [-0.2, -0.15) is 0 Å². The zero-order valence-corrected chi connectivity index (χ0v) is 22.6. The van der Waals surface area contributed by atoms with Crippen molar-refractivity contribution in [3.8, 4) is 17.2 Å². The summed E-state index contributed by atoms with van der Waals surface area (Å²) in [5.74, 6) is 1.07. The van der Waals surface area contributed by atoms with Gasteiger partial charge < -0.3 is 25.0 Å². The number of sulfonamides is 1. The van der Waals surface area contributed by atoms with Crippen LogP contribution in [-0.2, 0) is 22.9 Å². The first-order valence-electron chi connectivity index (χ1n) is 11.8. The largest absolute Gasteiger partial charge is 0.506 e. The topological polar surface area (TPSA) is 117 Å². The lowest BCUT2D eigenvalue weighted by molar-refractivity contribution is 0.166. The van der Waals surface area contributed by atoms with E-state index in [0.717, 1.165) is 30.2 Å². The number of phenolic OH excluding ortho intramolecular Hbond substituents is 1. The molecule has 3 rings (SSSR count). The minimum Gasteiger partial charge on any atom is -0.506 e. The Hall–Kier alpha value is -2.98. The normalized spacial score (nSPS) is 13.1. The zero-order valence-electron chi connectivity index (χ0n) is 21.1. The van der Waals surface area contributed by atoms with Crippen LogP contribution in [0.4, 0.5) is 5.69 Å². The van der Waals surface area contributed by atoms with Crippen molar-refractivity contribution >= 4 is 27.3 Å². The molecular weight excluding hydrogens is 516 g/mol. The van der Waals surface area contributed by atoms with Gasteiger partial charge in [-0.1, -0.05) is 35.9 Å². The Bertz CT molecular complexity index is 1280. The van der Waals surface area contributed by atoms with E-state index in [2.05, 4.69) is 10.0 Å². The van der Waals surface area contributed by atoms with Crippen LogP contribution < -0.4 is 19.5 Å². The molecule has 3 aromatic rings. The maximum Gasteiger partial charge on any atom is 0.229 e. The Labute approximate surface area is 223 Å². The van der Waals surface area contributed by atoms with Crippen molar-refractivity contribution in [3.63, 3.8) is 0 Å². The van der Waals surface area contributed by atoms with Crippen LogP contribution in [0.3, 0.4) is 0 Å². The minimum absolute atomic E-state index is 0.0753. The standard InChI is InChI=1S/C27H33ClN2O6S/c1-35-26-13-8-20(16-27(26)36-2)23(11-6-18-4-9-21(28)10-5-18)29-17-22(31)14-19-7-12-25(32)24(15-19)30-37(3,33)34/h4-5,7-10,12-13,15-16,22-23,29-32H,6,11,14,17H2,1-3H3/t22-,23+/m1/s1. The average molecular weight is 549 g/mol. The molecule has 2 atom stereocenters. The summed E-state index contributed by atoms with van der Waals surface area (Å²) < 4.78 is 36.2.